The van der Waals surface area contributed by atoms with Crippen molar-refractivity contribution in [3.8, 4) is 0 Å². The smallest absolute Gasteiger partial charge is 0.257 e. The third-order valence-electron chi connectivity index (χ3n) is 3.32. The Hall–Kier alpha value is -2.70. The van der Waals surface area contributed by atoms with Crippen LogP contribution in [0.1, 0.15) is 41.3 Å². The number of aromatic amines is 1. The molecule has 0 aromatic carbocycles. The number of amides is 1. The summed E-state index contributed by atoms with van der Waals surface area (Å²) in [5.74, 6) is 0.540. The van der Waals surface area contributed by atoms with Gasteiger partial charge in [-0.3, -0.25) is 4.79 Å². The molecule has 108 valence electrons. The van der Waals surface area contributed by atoms with Gasteiger partial charge in [-0.05, 0) is 19.4 Å². The van der Waals surface area contributed by atoms with E-state index >= 15 is 0 Å². The molecular weight excluding hydrogens is 268 g/mol. The maximum atomic E-state index is 12.4. The number of nitrogens with one attached hydrogen (secondary N) is 2. The van der Waals surface area contributed by atoms with Crippen molar-refractivity contribution >= 4 is 11.6 Å². The van der Waals surface area contributed by atoms with Crippen molar-refractivity contribution in [1.82, 2.24) is 29.9 Å². The van der Waals surface area contributed by atoms with Crippen LogP contribution in [0.25, 0.3) is 5.65 Å². The summed E-state index contributed by atoms with van der Waals surface area (Å²) in [4.78, 5) is 24.0. The van der Waals surface area contributed by atoms with Crippen molar-refractivity contribution in [1.29, 1.82) is 0 Å². The van der Waals surface area contributed by atoms with Gasteiger partial charge < -0.3 is 10.3 Å². The highest BCUT2D eigenvalue weighted by Gasteiger charge is 2.19. The molecule has 3 heterocycles. The molecule has 0 aliphatic rings. The molecule has 3 aromatic heterocycles. The van der Waals surface area contributed by atoms with Crippen LogP contribution in [0.2, 0.25) is 0 Å². The number of imidazole rings is 1. The molecule has 3 rings (SSSR count). The molecule has 7 nitrogen and oxygen atoms in total. The van der Waals surface area contributed by atoms with E-state index in [1.807, 2.05) is 19.9 Å². The van der Waals surface area contributed by atoms with Gasteiger partial charge in [0.2, 0.25) is 0 Å². The van der Waals surface area contributed by atoms with Crippen molar-refractivity contribution in [2.45, 2.75) is 26.3 Å². The molecule has 0 saturated carbocycles. The molecule has 0 fully saturated rings. The van der Waals surface area contributed by atoms with E-state index in [1.54, 1.807) is 23.1 Å². The summed E-state index contributed by atoms with van der Waals surface area (Å²) in [6.07, 6.45) is 7.48. The molecule has 0 unspecified atom stereocenters. The summed E-state index contributed by atoms with van der Waals surface area (Å²) in [6, 6.07) is 1.69. The summed E-state index contributed by atoms with van der Waals surface area (Å²) in [5.41, 5.74) is 1.86. The van der Waals surface area contributed by atoms with E-state index in [0.717, 1.165) is 17.9 Å². The quantitative estimate of drug-likeness (QED) is 0.762. The van der Waals surface area contributed by atoms with E-state index in [1.165, 1.54) is 6.20 Å². The fourth-order valence-corrected chi connectivity index (χ4v) is 2.19. The van der Waals surface area contributed by atoms with Crippen LogP contribution in [0.5, 0.6) is 0 Å². The molecule has 0 radical (unpaired) electrons. The van der Waals surface area contributed by atoms with Crippen LogP contribution < -0.4 is 5.32 Å². The normalized spacial score (nSPS) is 12.5. The second-order valence-corrected chi connectivity index (χ2v) is 4.80. The van der Waals surface area contributed by atoms with Gasteiger partial charge in [-0.15, -0.1) is 0 Å². The fraction of sp³-hybridized carbons (Fsp3) is 0.286. The van der Waals surface area contributed by atoms with Gasteiger partial charge >= 0.3 is 0 Å². The molecule has 2 N–H and O–H groups in total. The van der Waals surface area contributed by atoms with Crippen molar-refractivity contribution in [3.63, 3.8) is 0 Å². The molecular formula is C14H16N6O. The highest BCUT2D eigenvalue weighted by molar-refractivity contribution is 5.99. The van der Waals surface area contributed by atoms with E-state index in [2.05, 4.69) is 25.4 Å². The van der Waals surface area contributed by atoms with Crippen LogP contribution >= 0.6 is 0 Å². The third kappa shape index (κ3) is 2.49. The topological polar surface area (TPSA) is 88.0 Å². The lowest BCUT2D eigenvalue weighted by Crippen LogP contribution is -2.28. The summed E-state index contributed by atoms with van der Waals surface area (Å²) in [5, 5.41) is 7.10. The number of H-pyrrole nitrogens is 1. The first-order chi connectivity index (χ1) is 10.2. The van der Waals surface area contributed by atoms with Gasteiger partial charge in [-0.1, -0.05) is 6.92 Å². The average Bonchev–Trinajstić information content (AvgIpc) is 3.13. The van der Waals surface area contributed by atoms with E-state index < -0.39 is 0 Å². The first kappa shape index (κ1) is 13.3. The number of aryl methyl sites for hydroxylation is 1. The molecule has 0 bridgehead atoms. The van der Waals surface area contributed by atoms with Crippen LogP contribution in [0.15, 0.2) is 30.9 Å². The molecule has 0 spiro atoms. The highest BCUT2D eigenvalue weighted by atomic mass is 16.1. The number of carbonyl (C=O) groups excluding carboxylic acids is 1. The zero-order valence-corrected chi connectivity index (χ0v) is 11.9. The number of hydrogen-bond acceptors (Lipinski definition) is 4. The standard InChI is InChI=1S/C14H16N6O/c1-3-11(12-15-5-6-16-12)19-14(21)10-8-17-20-7-4-9(2)18-13(10)20/h4-8,11H,3H2,1-2H3,(H,15,16)(H,19,21)/t11-/m1/s1. The average molecular weight is 284 g/mol. The third-order valence-corrected chi connectivity index (χ3v) is 3.32. The van der Waals surface area contributed by atoms with Crippen molar-refractivity contribution in [2.24, 2.45) is 0 Å². The first-order valence-electron chi connectivity index (χ1n) is 6.80. The maximum absolute atomic E-state index is 12.4. The predicted molar refractivity (Wildman–Crippen MR) is 76.8 cm³/mol. The fourth-order valence-electron chi connectivity index (χ4n) is 2.19. The lowest BCUT2D eigenvalue weighted by Gasteiger charge is -2.13. The molecule has 21 heavy (non-hydrogen) atoms. The van der Waals surface area contributed by atoms with Gasteiger partial charge in [-0.2, -0.15) is 5.10 Å². The number of fused-ring (bicyclic) bond motifs is 1. The summed E-state index contributed by atoms with van der Waals surface area (Å²) in [6.45, 7) is 3.87. The maximum Gasteiger partial charge on any atom is 0.257 e. The van der Waals surface area contributed by atoms with Crippen LogP contribution in [0.3, 0.4) is 0 Å². The second kappa shape index (κ2) is 5.35. The molecule has 1 amide bonds. The van der Waals surface area contributed by atoms with Crippen molar-refractivity contribution in [3.05, 3.63) is 47.9 Å². The SMILES string of the molecule is CC[C@@H](NC(=O)c1cnn2ccc(C)nc12)c1ncc[nH]1. The second-order valence-electron chi connectivity index (χ2n) is 4.80. The molecule has 7 heteroatoms. The summed E-state index contributed by atoms with van der Waals surface area (Å²) in [7, 11) is 0. The highest BCUT2D eigenvalue weighted by Crippen LogP contribution is 2.14. The Morgan fingerprint density at radius 1 is 1.52 bits per heavy atom. The molecule has 0 aliphatic carbocycles. The van der Waals surface area contributed by atoms with E-state index in [-0.39, 0.29) is 11.9 Å². The lowest BCUT2D eigenvalue weighted by atomic mass is 10.2. The van der Waals surface area contributed by atoms with E-state index in [4.69, 9.17) is 0 Å². The van der Waals surface area contributed by atoms with Crippen LogP contribution in [-0.4, -0.2) is 30.5 Å². The molecule has 0 aliphatic heterocycles. The lowest BCUT2D eigenvalue weighted by molar-refractivity contribution is 0.0935. The number of aromatic nitrogens is 5. The van der Waals surface area contributed by atoms with Gasteiger partial charge in [-0.25, -0.2) is 14.5 Å². The Balaban J connectivity index is 1.88. The number of carbonyl (C=O) groups is 1. The van der Waals surface area contributed by atoms with Gasteiger partial charge in [0, 0.05) is 24.3 Å². The Bertz CT molecular complexity index is 761. The zero-order chi connectivity index (χ0) is 14.8. The molecule has 0 saturated heterocycles. The zero-order valence-electron chi connectivity index (χ0n) is 11.9. The molecule has 3 aromatic rings. The first-order valence-corrected chi connectivity index (χ1v) is 6.80. The van der Waals surface area contributed by atoms with E-state index in [0.29, 0.717) is 11.2 Å². The Morgan fingerprint density at radius 3 is 3.10 bits per heavy atom. The van der Waals surface area contributed by atoms with Crippen molar-refractivity contribution < 1.29 is 4.79 Å². The largest absolute Gasteiger partial charge is 0.347 e. The molecule has 1 atom stereocenters. The minimum absolute atomic E-state index is 0.160. The minimum atomic E-state index is -0.202. The minimum Gasteiger partial charge on any atom is -0.347 e. The van der Waals surface area contributed by atoms with Gasteiger partial charge in [0.1, 0.15) is 11.4 Å². The number of rotatable bonds is 4. The van der Waals surface area contributed by atoms with Crippen molar-refractivity contribution in [2.75, 3.05) is 0 Å². The summed E-state index contributed by atoms with van der Waals surface area (Å²) < 4.78 is 1.59. The number of nitrogens with zero attached hydrogens (tertiary/aromatic N) is 4. The van der Waals surface area contributed by atoms with Crippen LogP contribution in [0.4, 0.5) is 0 Å². The predicted octanol–water partition coefficient (Wildman–Crippen LogP) is 1.64. The van der Waals surface area contributed by atoms with E-state index in [9.17, 15) is 4.79 Å². The van der Waals surface area contributed by atoms with Crippen LogP contribution in [0, 0.1) is 6.92 Å². The van der Waals surface area contributed by atoms with Gasteiger partial charge in [0.15, 0.2) is 5.65 Å². The Labute approximate surface area is 121 Å². The van der Waals surface area contributed by atoms with Crippen LogP contribution in [-0.2, 0) is 0 Å². The van der Waals surface area contributed by atoms with Gasteiger partial charge in [0.05, 0.1) is 12.2 Å². The summed E-state index contributed by atoms with van der Waals surface area (Å²) >= 11 is 0. The Kier molecular flexibility index (Phi) is 3.39. The number of hydrogen-bond donors (Lipinski definition) is 2. The monoisotopic (exact) mass is 284 g/mol. The Morgan fingerprint density at radius 2 is 2.38 bits per heavy atom. The van der Waals surface area contributed by atoms with Gasteiger partial charge in [0.25, 0.3) is 5.91 Å².